The van der Waals surface area contributed by atoms with E-state index in [4.69, 9.17) is 0 Å². The highest BCUT2D eigenvalue weighted by atomic mass is 19.1. The fourth-order valence-corrected chi connectivity index (χ4v) is 4.78. The van der Waals surface area contributed by atoms with Crippen molar-refractivity contribution >= 4 is 11.8 Å². The predicted molar refractivity (Wildman–Crippen MR) is 118 cm³/mol. The first-order valence-electron chi connectivity index (χ1n) is 11.1. The summed E-state index contributed by atoms with van der Waals surface area (Å²) in [5.74, 6) is -0.303. The van der Waals surface area contributed by atoms with Gasteiger partial charge in [0, 0.05) is 32.5 Å². The first kappa shape index (κ1) is 21.5. The topological polar surface area (TPSA) is 52.7 Å². The molecular formula is C25H30FN3O2. The van der Waals surface area contributed by atoms with E-state index in [0.717, 1.165) is 5.56 Å². The Balaban J connectivity index is 1.50. The Morgan fingerprint density at radius 2 is 1.74 bits per heavy atom. The van der Waals surface area contributed by atoms with Crippen LogP contribution in [0.15, 0.2) is 54.6 Å². The van der Waals surface area contributed by atoms with Crippen molar-refractivity contribution in [3.63, 3.8) is 0 Å². The average Bonchev–Trinajstić information content (AvgIpc) is 3.00. The lowest BCUT2D eigenvalue weighted by Gasteiger charge is -2.45. The maximum Gasteiger partial charge on any atom is 0.256 e. The van der Waals surface area contributed by atoms with Gasteiger partial charge in [0.1, 0.15) is 5.82 Å². The molecule has 2 aliphatic heterocycles. The molecule has 2 fully saturated rings. The van der Waals surface area contributed by atoms with Crippen LogP contribution in [0.3, 0.4) is 0 Å². The molecule has 2 aromatic rings. The summed E-state index contributed by atoms with van der Waals surface area (Å²) in [6.45, 7) is 5.88. The number of amides is 2. The molecule has 0 radical (unpaired) electrons. The summed E-state index contributed by atoms with van der Waals surface area (Å²) < 4.78 is 14.1. The predicted octanol–water partition coefficient (Wildman–Crippen LogP) is 3.46. The lowest BCUT2D eigenvalue weighted by atomic mass is 9.94. The number of carbonyl (C=O) groups is 2. The van der Waals surface area contributed by atoms with Crippen LogP contribution in [0.2, 0.25) is 0 Å². The Morgan fingerprint density at radius 3 is 2.39 bits per heavy atom. The standard InChI is InChI=1S/C25H30FN3O2/c1-18(2)17-29-24(31)22(16-19-8-4-3-5-9-19)27-25(29)12-14-28(15-13-25)23(30)20-10-6-7-11-21(20)26/h3-11,18,22,27H,12-17H2,1-2H3/t22-/m0/s1. The molecule has 1 N–H and O–H groups in total. The van der Waals surface area contributed by atoms with Crippen LogP contribution in [-0.4, -0.2) is 53.0 Å². The van der Waals surface area contributed by atoms with E-state index in [2.05, 4.69) is 19.2 Å². The molecule has 2 heterocycles. The SMILES string of the molecule is CC(C)CN1C(=O)[C@H](Cc2ccccc2)NC12CCN(C(=O)c1ccccc1F)CC2. The van der Waals surface area contributed by atoms with Gasteiger partial charge in [-0.3, -0.25) is 14.9 Å². The zero-order chi connectivity index (χ0) is 22.0. The number of carbonyl (C=O) groups excluding carboxylic acids is 2. The molecule has 4 rings (SSSR count). The lowest BCUT2D eigenvalue weighted by molar-refractivity contribution is -0.134. The molecule has 0 aliphatic carbocycles. The monoisotopic (exact) mass is 423 g/mol. The molecule has 2 amide bonds. The zero-order valence-electron chi connectivity index (χ0n) is 18.2. The van der Waals surface area contributed by atoms with Gasteiger partial charge in [0.15, 0.2) is 0 Å². The van der Waals surface area contributed by atoms with Crippen LogP contribution in [0.25, 0.3) is 0 Å². The summed E-state index contributed by atoms with van der Waals surface area (Å²) in [5.41, 5.74) is 0.782. The normalized spacial score (nSPS) is 20.6. The molecule has 31 heavy (non-hydrogen) atoms. The van der Waals surface area contributed by atoms with Gasteiger partial charge in [-0.25, -0.2) is 4.39 Å². The van der Waals surface area contributed by atoms with E-state index in [9.17, 15) is 14.0 Å². The molecule has 164 valence electrons. The lowest BCUT2D eigenvalue weighted by Crippen LogP contribution is -2.60. The summed E-state index contributed by atoms with van der Waals surface area (Å²) in [6, 6.07) is 15.9. The van der Waals surface area contributed by atoms with Gasteiger partial charge in [0.05, 0.1) is 17.3 Å². The second kappa shape index (κ2) is 8.79. The second-order valence-corrected chi connectivity index (χ2v) is 9.03. The quantitative estimate of drug-likeness (QED) is 0.801. The summed E-state index contributed by atoms with van der Waals surface area (Å²) in [5, 5.41) is 3.64. The molecule has 2 aromatic carbocycles. The maximum absolute atomic E-state index is 14.1. The van der Waals surface area contributed by atoms with Crippen LogP contribution < -0.4 is 5.32 Å². The molecule has 5 nitrogen and oxygen atoms in total. The van der Waals surface area contributed by atoms with Gasteiger partial charge in [-0.2, -0.15) is 0 Å². The minimum absolute atomic E-state index is 0.106. The first-order valence-corrected chi connectivity index (χ1v) is 11.1. The van der Waals surface area contributed by atoms with E-state index in [0.29, 0.717) is 44.8 Å². The number of nitrogens with one attached hydrogen (secondary N) is 1. The van der Waals surface area contributed by atoms with Crippen LogP contribution >= 0.6 is 0 Å². The third-order valence-corrected chi connectivity index (χ3v) is 6.34. The number of halogens is 1. The van der Waals surface area contributed by atoms with Crippen molar-refractivity contribution in [2.75, 3.05) is 19.6 Å². The molecule has 1 spiro atoms. The third kappa shape index (κ3) is 4.35. The van der Waals surface area contributed by atoms with Crippen LogP contribution in [0.1, 0.15) is 42.6 Å². The van der Waals surface area contributed by atoms with Crippen molar-refractivity contribution < 1.29 is 14.0 Å². The summed E-state index contributed by atoms with van der Waals surface area (Å²) in [7, 11) is 0. The van der Waals surface area contributed by atoms with Crippen LogP contribution in [0.4, 0.5) is 4.39 Å². The Morgan fingerprint density at radius 1 is 1.10 bits per heavy atom. The average molecular weight is 424 g/mol. The molecule has 2 aliphatic rings. The molecule has 0 unspecified atom stereocenters. The maximum atomic E-state index is 14.1. The van der Waals surface area contributed by atoms with E-state index in [1.807, 2.05) is 35.2 Å². The fourth-order valence-electron chi connectivity index (χ4n) is 4.78. The van der Waals surface area contributed by atoms with E-state index in [1.54, 1.807) is 17.0 Å². The van der Waals surface area contributed by atoms with Gasteiger partial charge >= 0.3 is 0 Å². The summed E-state index contributed by atoms with van der Waals surface area (Å²) in [4.78, 5) is 29.9. The third-order valence-electron chi connectivity index (χ3n) is 6.34. The van der Waals surface area contributed by atoms with Crippen molar-refractivity contribution in [1.82, 2.24) is 15.1 Å². The van der Waals surface area contributed by atoms with Crippen molar-refractivity contribution in [1.29, 1.82) is 0 Å². The van der Waals surface area contributed by atoms with Gasteiger partial charge in [-0.05, 0) is 30.0 Å². The molecule has 1 atom stereocenters. The van der Waals surface area contributed by atoms with Gasteiger partial charge in [0.25, 0.3) is 5.91 Å². The van der Waals surface area contributed by atoms with E-state index >= 15 is 0 Å². The fraction of sp³-hybridized carbons (Fsp3) is 0.440. The zero-order valence-corrected chi connectivity index (χ0v) is 18.2. The van der Waals surface area contributed by atoms with Crippen LogP contribution in [-0.2, 0) is 11.2 Å². The van der Waals surface area contributed by atoms with E-state index < -0.39 is 11.5 Å². The molecule has 6 heteroatoms. The molecular weight excluding hydrogens is 393 g/mol. The molecule has 0 aromatic heterocycles. The Hall–Kier alpha value is -2.73. The number of hydrogen-bond donors (Lipinski definition) is 1. The van der Waals surface area contributed by atoms with Crippen molar-refractivity contribution in [3.8, 4) is 0 Å². The van der Waals surface area contributed by atoms with E-state index in [-0.39, 0.29) is 23.4 Å². The Labute approximate surface area is 183 Å². The highest BCUT2D eigenvalue weighted by Gasteiger charge is 2.51. The van der Waals surface area contributed by atoms with Gasteiger partial charge in [-0.15, -0.1) is 0 Å². The van der Waals surface area contributed by atoms with Crippen molar-refractivity contribution in [2.45, 2.75) is 44.8 Å². The molecule has 0 bridgehead atoms. The minimum atomic E-state index is -0.494. The number of nitrogens with zero attached hydrogens (tertiary/aromatic N) is 2. The summed E-state index contributed by atoms with van der Waals surface area (Å²) >= 11 is 0. The van der Waals surface area contributed by atoms with Gasteiger partial charge in [0.2, 0.25) is 5.91 Å². The van der Waals surface area contributed by atoms with Gasteiger partial charge < -0.3 is 9.80 Å². The molecule has 0 saturated carbocycles. The minimum Gasteiger partial charge on any atom is -0.338 e. The van der Waals surface area contributed by atoms with Crippen LogP contribution in [0.5, 0.6) is 0 Å². The number of benzene rings is 2. The van der Waals surface area contributed by atoms with Crippen molar-refractivity contribution in [2.24, 2.45) is 5.92 Å². The van der Waals surface area contributed by atoms with E-state index in [1.165, 1.54) is 12.1 Å². The molecule has 2 saturated heterocycles. The Bertz CT molecular complexity index is 939. The Kier molecular flexibility index (Phi) is 6.10. The smallest absolute Gasteiger partial charge is 0.256 e. The summed E-state index contributed by atoms with van der Waals surface area (Å²) in [6.07, 6.45) is 1.92. The highest BCUT2D eigenvalue weighted by molar-refractivity contribution is 5.94. The number of piperidine rings is 1. The largest absolute Gasteiger partial charge is 0.338 e. The number of likely N-dealkylation sites (tertiary alicyclic amines) is 1. The van der Waals surface area contributed by atoms with Crippen molar-refractivity contribution in [3.05, 3.63) is 71.5 Å². The van der Waals surface area contributed by atoms with Crippen LogP contribution in [0, 0.1) is 11.7 Å². The first-order chi connectivity index (χ1) is 14.9. The van der Waals surface area contributed by atoms with Gasteiger partial charge in [-0.1, -0.05) is 56.3 Å². The number of hydrogen-bond acceptors (Lipinski definition) is 3. The second-order valence-electron chi connectivity index (χ2n) is 9.03. The number of rotatable bonds is 5. The highest BCUT2D eigenvalue weighted by Crippen LogP contribution is 2.34.